The van der Waals surface area contributed by atoms with Crippen LogP contribution in [0.1, 0.15) is 11.1 Å². The fourth-order valence-electron chi connectivity index (χ4n) is 2.32. The van der Waals surface area contributed by atoms with Crippen molar-refractivity contribution in [1.29, 1.82) is 0 Å². The molecule has 2 nitrogen and oxygen atoms in total. The van der Waals surface area contributed by atoms with Crippen molar-refractivity contribution >= 4 is 11.4 Å². The molecule has 0 spiro atoms. The van der Waals surface area contributed by atoms with Crippen molar-refractivity contribution in [3.05, 3.63) is 58.9 Å². The second kappa shape index (κ2) is 4.19. The molecule has 0 aromatic heterocycles. The van der Waals surface area contributed by atoms with Gasteiger partial charge in [0.2, 0.25) is 0 Å². The minimum atomic E-state index is -1.44. The standard InChI is InChI=1S/C14H11F3N2/c15-12-4-11(5-13(16)14(12)17)19-6-8-1-2-10(18)3-9(8)7-19/h1-5H,6-7,18H2. The third kappa shape index (κ3) is 2.01. The molecule has 0 atom stereocenters. The maximum absolute atomic E-state index is 13.2. The highest BCUT2D eigenvalue weighted by Gasteiger charge is 2.21. The molecule has 98 valence electrons. The third-order valence-electron chi connectivity index (χ3n) is 3.29. The lowest BCUT2D eigenvalue weighted by atomic mass is 10.1. The Bertz CT molecular complexity index is 632. The molecule has 3 rings (SSSR count). The Balaban J connectivity index is 1.95. The molecule has 19 heavy (non-hydrogen) atoms. The number of hydrogen-bond donors (Lipinski definition) is 1. The molecule has 0 bridgehead atoms. The van der Waals surface area contributed by atoms with Crippen LogP contribution in [0.5, 0.6) is 0 Å². The summed E-state index contributed by atoms with van der Waals surface area (Å²) < 4.78 is 39.4. The van der Waals surface area contributed by atoms with Crippen molar-refractivity contribution in [3.63, 3.8) is 0 Å². The zero-order chi connectivity index (χ0) is 13.6. The maximum atomic E-state index is 13.2. The van der Waals surface area contributed by atoms with E-state index >= 15 is 0 Å². The monoisotopic (exact) mass is 264 g/mol. The number of rotatable bonds is 1. The molecule has 0 aliphatic carbocycles. The maximum Gasteiger partial charge on any atom is 0.194 e. The van der Waals surface area contributed by atoms with Gasteiger partial charge in [0.15, 0.2) is 17.5 Å². The number of nitrogen functional groups attached to an aromatic ring is 1. The second-order valence-corrected chi connectivity index (χ2v) is 4.61. The lowest BCUT2D eigenvalue weighted by Gasteiger charge is -2.18. The molecule has 0 fully saturated rings. The van der Waals surface area contributed by atoms with Crippen LogP contribution in [0.25, 0.3) is 0 Å². The van der Waals surface area contributed by atoms with E-state index in [0.29, 0.717) is 24.5 Å². The van der Waals surface area contributed by atoms with E-state index in [1.54, 1.807) is 11.0 Å². The van der Waals surface area contributed by atoms with Gasteiger partial charge >= 0.3 is 0 Å². The second-order valence-electron chi connectivity index (χ2n) is 4.61. The summed E-state index contributed by atoms with van der Waals surface area (Å²) in [5.41, 5.74) is 8.74. The minimum absolute atomic E-state index is 0.325. The fourth-order valence-corrected chi connectivity index (χ4v) is 2.32. The molecule has 2 N–H and O–H groups in total. The first kappa shape index (κ1) is 11.9. The third-order valence-corrected chi connectivity index (χ3v) is 3.29. The zero-order valence-electron chi connectivity index (χ0n) is 9.96. The summed E-state index contributed by atoms with van der Waals surface area (Å²) >= 11 is 0. The number of nitrogens with two attached hydrogens (primary N) is 1. The minimum Gasteiger partial charge on any atom is -0.399 e. The quantitative estimate of drug-likeness (QED) is 0.633. The molecule has 1 aliphatic rings. The van der Waals surface area contributed by atoms with Gasteiger partial charge in [0, 0.05) is 36.6 Å². The van der Waals surface area contributed by atoms with Gasteiger partial charge in [-0.15, -0.1) is 0 Å². The summed E-state index contributed by atoms with van der Waals surface area (Å²) in [4.78, 5) is 1.77. The van der Waals surface area contributed by atoms with E-state index in [1.807, 2.05) is 12.1 Å². The molecule has 1 heterocycles. The van der Waals surface area contributed by atoms with Crippen molar-refractivity contribution in [1.82, 2.24) is 0 Å². The Hall–Kier alpha value is -2.17. The average molecular weight is 264 g/mol. The van der Waals surface area contributed by atoms with E-state index in [-0.39, 0.29) is 0 Å². The van der Waals surface area contributed by atoms with Crippen LogP contribution in [0.2, 0.25) is 0 Å². The van der Waals surface area contributed by atoms with E-state index < -0.39 is 17.5 Å². The van der Waals surface area contributed by atoms with Gasteiger partial charge in [-0.05, 0) is 23.3 Å². The van der Waals surface area contributed by atoms with Crippen LogP contribution in [-0.2, 0) is 13.1 Å². The normalized spacial score (nSPS) is 13.7. The molecule has 2 aromatic rings. The van der Waals surface area contributed by atoms with E-state index in [2.05, 4.69) is 0 Å². The van der Waals surface area contributed by atoms with E-state index in [0.717, 1.165) is 23.3 Å². The highest BCUT2D eigenvalue weighted by Crippen LogP contribution is 2.30. The van der Waals surface area contributed by atoms with Gasteiger partial charge in [-0.3, -0.25) is 0 Å². The van der Waals surface area contributed by atoms with Crippen LogP contribution in [0.4, 0.5) is 24.5 Å². The Morgan fingerprint density at radius 3 is 2.21 bits per heavy atom. The molecular weight excluding hydrogens is 253 g/mol. The van der Waals surface area contributed by atoms with Crippen LogP contribution in [0.3, 0.4) is 0 Å². The summed E-state index contributed by atoms with van der Waals surface area (Å²) in [6, 6.07) is 7.53. The molecule has 0 amide bonds. The number of anilines is 2. The SMILES string of the molecule is Nc1ccc2c(c1)CN(c1cc(F)c(F)c(F)c1)C2. The molecule has 1 aliphatic heterocycles. The summed E-state index contributed by atoms with van der Waals surface area (Å²) in [6.45, 7) is 1.03. The van der Waals surface area contributed by atoms with Gasteiger partial charge in [-0.2, -0.15) is 0 Å². The molecule has 0 saturated heterocycles. The van der Waals surface area contributed by atoms with Gasteiger partial charge in [0.25, 0.3) is 0 Å². The van der Waals surface area contributed by atoms with E-state index in [1.165, 1.54) is 0 Å². The number of nitrogens with zero attached hydrogens (tertiary/aromatic N) is 1. The molecular formula is C14H11F3N2. The lowest BCUT2D eigenvalue weighted by Crippen LogP contribution is -2.15. The van der Waals surface area contributed by atoms with Gasteiger partial charge in [-0.25, -0.2) is 13.2 Å². The van der Waals surface area contributed by atoms with Crippen LogP contribution >= 0.6 is 0 Å². The number of benzene rings is 2. The van der Waals surface area contributed by atoms with Crippen molar-refractivity contribution in [2.45, 2.75) is 13.1 Å². The van der Waals surface area contributed by atoms with Crippen molar-refractivity contribution in [3.8, 4) is 0 Å². The van der Waals surface area contributed by atoms with Crippen LogP contribution in [-0.4, -0.2) is 0 Å². The molecule has 0 radical (unpaired) electrons. The van der Waals surface area contributed by atoms with Gasteiger partial charge in [0.05, 0.1) is 0 Å². The van der Waals surface area contributed by atoms with Crippen molar-refractivity contribution in [2.75, 3.05) is 10.6 Å². The molecule has 0 saturated carbocycles. The van der Waals surface area contributed by atoms with Gasteiger partial charge in [0.1, 0.15) is 0 Å². The molecule has 2 aromatic carbocycles. The number of halogens is 3. The number of hydrogen-bond acceptors (Lipinski definition) is 2. The Morgan fingerprint density at radius 1 is 0.895 bits per heavy atom. The average Bonchev–Trinajstić information content (AvgIpc) is 2.78. The smallest absolute Gasteiger partial charge is 0.194 e. The largest absolute Gasteiger partial charge is 0.399 e. The molecule has 5 heteroatoms. The van der Waals surface area contributed by atoms with Gasteiger partial charge in [-0.1, -0.05) is 6.07 Å². The Kier molecular flexibility index (Phi) is 2.62. The predicted molar refractivity (Wildman–Crippen MR) is 67.1 cm³/mol. The lowest BCUT2D eigenvalue weighted by molar-refractivity contribution is 0.447. The summed E-state index contributed by atoms with van der Waals surface area (Å²) in [5.74, 6) is -3.79. The van der Waals surface area contributed by atoms with Gasteiger partial charge < -0.3 is 10.6 Å². The molecule has 0 unspecified atom stereocenters. The zero-order valence-corrected chi connectivity index (χ0v) is 9.96. The van der Waals surface area contributed by atoms with Crippen molar-refractivity contribution in [2.24, 2.45) is 0 Å². The summed E-state index contributed by atoms with van der Waals surface area (Å²) in [6.07, 6.45) is 0. The predicted octanol–water partition coefficient (Wildman–Crippen LogP) is 3.21. The van der Waals surface area contributed by atoms with Crippen LogP contribution < -0.4 is 10.6 Å². The highest BCUT2D eigenvalue weighted by molar-refractivity contribution is 5.55. The van der Waals surface area contributed by atoms with E-state index in [4.69, 9.17) is 5.73 Å². The highest BCUT2D eigenvalue weighted by atomic mass is 19.2. The summed E-state index contributed by atoms with van der Waals surface area (Å²) in [5, 5.41) is 0. The summed E-state index contributed by atoms with van der Waals surface area (Å²) in [7, 11) is 0. The Morgan fingerprint density at radius 2 is 1.53 bits per heavy atom. The topological polar surface area (TPSA) is 29.3 Å². The first-order chi connectivity index (χ1) is 9.04. The van der Waals surface area contributed by atoms with Crippen LogP contribution in [0, 0.1) is 17.5 Å². The number of fused-ring (bicyclic) bond motifs is 1. The van der Waals surface area contributed by atoms with Crippen LogP contribution in [0.15, 0.2) is 30.3 Å². The Labute approximate surface area is 108 Å². The van der Waals surface area contributed by atoms with Crippen molar-refractivity contribution < 1.29 is 13.2 Å². The fraction of sp³-hybridized carbons (Fsp3) is 0.143. The van der Waals surface area contributed by atoms with E-state index in [9.17, 15) is 13.2 Å². The first-order valence-electron chi connectivity index (χ1n) is 5.81. The first-order valence-corrected chi connectivity index (χ1v) is 5.81.